The predicted molar refractivity (Wildman–Crippen MR) is 40.8 cm³/mol. The molecule has 1 radical (unpaired) electrons. The van der Waals surface area contributed by atoms with Gasteiger partial charge in [-0.25, -0.2) is 0 Å². The Labute approximate surface area is 87.5 Å². The Kier molecular flexibility index (Phi) is 7.40. The third-order valence-corrected chi connectivity index (χ3v) is 2.08. The van der Waals surface area contributed by atoms with Crippen molar-refractivity contribution in [2.45, 2.75) is 10.5 Å². The Balaban J connectivity index is 0. The molecule has 0 rings (SSSR count). The van der Waals surface area contributed by atoms with E-state index < -0.39 is 22.4 Å². The van der Waals surface area contributed by atoms with Gasteiger partial charge < -0.3 is 10.2 Å². The first-order chi connectivity index (χ1) is 4.46. The van der Waals surface area contributed by atoms with Crippen LogP contribution in [0.1, 0.15) is 0 Å². The van der Waals surface area contributed by atoms with Crippen LogP contribution in [0.4, 0.5) is 0 Å². The molecular weight excluding hydrogens is 275 g/mol. The van der Waals surface area contributed by atoms with Crippen LogP contribution in [-0.2, 0) is 29.7 Å². The van der Waals surface area contributed by atoms with E-state index in [1.165, 1.54) is 0 Å². The maximum absolute atomic E-state index is 10.1. The molecule has 0 heterocycles. The van der Waals surface area contributed by atoms with Gasteiger partial charge in [0.05, 0.1) is 0 Å². The van der Waals surface area contributed by atoms with Crippen molar-refractivity contribution in [3.8, 4) is 0 Å². The Morgan fingerprint density at radius 2 is 1.18 bits per heavy atom. The molecule has 0 bridgehead atoms. The van der Waals surface area contributed by atoms with Crippen molar-refractivity contribution in [1.29, 1.82) is 0 Å². The Bertz CT molecular complexity index is 144. The van der Waals surface area contributed by atoms with Crippen LogP contribution >= 0.6 is 25.3 Å². The predicted octanol–water partition coefficient (Wildman–Crippen LogP) is -0.250. The smallest absolute Gasteiger partial charge is 0.318 e. The van der Waals surface area contributed by atoms with E-state index in [9.17, 15) is 9.59 Å². The molecule has 11 heavy (non-hydrogen) atoms. The number of thiol groups is 2. The van der Waals surface area contributed by atoms with Crippen molar-refractivity contribution in [2.75, 3.05) is 0 Å². The van der Waals surface area contributed by atoms with E-state index in [-0.39, 0.29) is 20.1 Å². The van der Waals surface area contributed by atoms with Crippen LogP contribution in [-0.4, -0.2) is 32.7 Å². The second-order valence-corrected chi connectivity index (χ2v) is 2.68. The van der Waals surface area contributed by atoms with E-state index in [4.69, 9.17) is 10.2 Å². The molecule has 0 aliphatic carbocycles. The van der Waals surface area contributed by atoms with E-state index in [0.29, 0.717) is 0 Å². The van der Waals surface area contributed by atoms with Crippen LogP contribution in [0.2, 0.25) is 0 Å². The van der Waals surface area contributed by atoms with Gasteiger partial charge in [0.2, 0.25) is 0 Å². The van der Waals surface area contributed by atoms with Gasteiger partial charge in [-0.05, 0) is 0 Å². The first-order valence-corrected chi connectivity index (χ1v) is 3.32. The Morgan fingerprint density at radius 3 is 1.27 bits per heavy atom. The largest absolute Gasteiger partial charge is 0.480 e. The van der Waals surface area contributed by atoms with Crippen molar-refractivity contribution >= 4 is 37.2 Å². The number of carboxylic acids is 2. The number of hydrogen-bond acceptors (Lipinski definition) is 4. The Hall–Kier alpha value is 0.289. The van der Waals surface area contributed by atoms with Gasteiger partial charge in [-0.15, -0.1) is 0 Å². The van der Waals surface area contributed by atoms with Gasteiger partial charge in [-0.2, -0.15) is 25.3 Å². The van der Waals surface area contributed by atoms with E-state index in [1.54, 1.807) is 0 Å². The number of carbonyl (C=O) groups is 2. The minimum absolute atomic E-state index is 0. The molecule has 65 valence electrons. The van der Waals surface area contributed by atoms with E-state index in [0.717, 1.165) is 0 Å². The Morgan fingerprint density at radius 1 is 1.00 bits per heavy atom. The normalized spacial score (nSPS) is 14.4. The number of aliphatic carboxylic acids is 2. The van der Waals surface area contributed by atoms with E-state index in [2.05, 4.69) is 25.3 Å². The molecule has 4 nitrogen and oxygen atoms in total. The van der Waals surface area contributed by atoms with Gasteiger partial charge in [0.15, 0.2) is 0 Å². The van der Waals surface area contributed by atoms with Crippen LogP contribution in [0.15, 0.2) is 0 Å². The molecule has 2 N–H and O–H groups in total. The quantitative estimate of drug-likeness (QED) is 0.538. The fourth-order valence-electron chi connectivity index (χ4n) is 0.270. The van der Waals surface area contributed by atoms with Crippen molar-refractivity contribution in [3.63, 3.8) is 0 Å². The van der Waals surface area contributed by atoms with E-state index >= 15 is 0 Å². The third kappa shape index (κ3) is 4.68. The molecule has 0 amide bonds. The van der Waals surface area contributed by atoms with Crippen molar-refractivity contribution in [1.82, 2.24) is 0 Å². The second-order valence-electron chi connectivity index (χ2n) is 1.57. The van der Waals surface area contributed by atoms with Crippen LogP contribution in [0.3, 0.4) is 0 Å². The van der Waals surface area contributed by atoms with Crippen molar-refractivity contribution in [3.05, 3.63) is 0 Å². The summed E-state index contributed by atoms with van der Waals surface area (Å²) in [4.78, 5) is 20.1. The summed E-state index contributed by atoms with van der Waals surface area (Å²) in [6, 6.07) is 0. The van der Waals surface area contributed by atoms with Crippen molar-refractivity contribution in [2.24, 2.45) is 0 Å². The molecule has 0 saturated carbocycles. The monoisotopic (exact) mass is 281 g/mol. The summed E-state index contributed by atoms with van der Waals surface area (Å²) >= 11 is 7.00. The molecule has 0 aliphatic heterocycles. The van der Waals surface area contributed by atoms with Gasteiger partial charge in [0, 0.05) is 20.1 Å². The van der Waals surface area contributed by atoms with Crippen LogP contribution < -0.4 is 0 Å². The van der Waals surface area contributed by atoms with Crippen LogP contribution in [0, 0.1) is 0 Å². The molecule has 0 saturated heterocycles. The molecule has 0 aromatic rings. The average molecular weight is 281 g/mol. The summed E-state index contributed by atoms with van der Waals surface area (Å²) in [6.07, 6.45) is 0. The minimum Gasteiger partial charge on any atom is -0.480 e. The molecule has 0 spiro atoms. The minimum atomic E-state index is -1.29. The van der Waals surface area contributed by atoms with Gasteiger partial charge >= 0.3 is 11.9 Å². The van der Waals surface area contributed by atoms with Crippen molar-refractivity contribution < 1.29 is 39.9 Å². The molecule has 0 fully saturated rings. The van der Waals surface area contributed by atoms with Gasteiger partial charge in [0.25, 0.3) is 0 Å². The number of rotatable bonds is 3. The first-order valence-electron chi connectivity index (χ1n) is 2.28. The molecule has 0 aromatic carbocycles. The summed E-state index contributed by atoms with van der Waals surface area (Å²) in [6.45, 7) is 0. The fraction of sp³-hybridized carbons (Fsp3) is 0.500. The van der Waals surface area contributed by atoms with Crippen LogP contribution in [0.5, 0.6) is 0 Å². The molecule has 7 heteroatoms. The average Bonchev–Trinajstić information content (AvgIpc) is 1.84. The summed E-state index contributed by atoms with van der Waals surface area (Å²) in [5.41, 5.74) is 0. The molecule has 0 unspecified atom stereocenters. The first kappa shape index (κ1) is 13.9. The van der Waals surface area contributed by atoms with E-state index in [1.807, 2.05) is 0 Å². The summed E-state index contributed by atoms with van der Waals surface area (Å²) in [5, 5.41) is 13.9. The summed E-state index contributed by atoms with van der Waals surface area (Å²) < 4.78 is 0. The van der Waals surface area contributed by atoms with Crippen LogP contribution in [0.25, 0.3) is 0 Å². The van der Waals surface area contributed by atoms with Gasteiger partial charge in [-0.3, -0.25) is 9.59 Å². The second kappa shape index (κ2) is 5.88. The number of carboxylic acid groups (broad SMARTS) is 2. The topological polar surface area (TPSA) is 74.6 Å². The third-order valence-electron chi connectivity index (χ3n) is 0.805. The molecule has 0 aliphatic rings. The fourth-order valence-corrected chi connectivity index (χ4v) is 0.525. The zero-order chi connectivity index (χ0) is 8.31. The zero-order valence-electron chi connectivity index (χ0n) is 5.14. The molecular formula is C4H6O4S2Tc. The molecule has 0 aromatic heterocycles. The standard InChI is InChI=1S/C4H6O4S2.Tc/c5-3(6)1(9)2(10)4(7)8;/h1-2,9-10H,(H,5,6)(H,7,8);/t1-,2+;/i;1+1. The SMILES string of the molecule is O=C(O)[C@@H](S)[C@@H](S)C(=O)O.[99Tc]. The molecule has 2 atom stereocenters. The number of hydrogen-bond donors (Lipinski definition) is 4. The summed E-state index contributed by atoms with van der Waals surface area (Å²) in [7, 11) is 0. The summed E-state index contributed by atoms with van der Waals surface area (Å²) in [5.74, 6) is -2.57. The van der Waals surface area contributed by atoms with Gasteiger partial charge in [-0.1, -0.05) is 0 Å². The zero-order valence-corrected chi connectivity index (χ0v) is 8.78. The maximum Gasteiger partial charge on any atom is 0.318 e. The maximum atomic E-state index is 10.1. The van der Waals surface area contributed by atoms with Gasteiger partial charge in [0.1, 0.15) is 10.5 Å².